The first-order chi connectivity index (χ1) is 17.1. The molecule has 36 heavy (non-hydrogen) atoms. The summed E-state index contributed by atoms with van der Waals surface area (Å²) in [4.78, 5) is 15.0. The zero-order valence-corrected chi connectivity index (χ0v) is 19.8. The van der Waals surface area contributed by atoms with Gasteiger partial charge in [0.25, 0.3) is 5.56 Å². The molecule has 3 heterocycles. The van der Waals surface area contributed by atoms with Crippen molar-refractivity contribution in [3.63, 3.8) is 0 Å². The molecule has 2 atom stereocenters. The van der Waals surface area contributed by atoms with Crippen LogP contribution in [0.3, 0.4) is 0 Å². The first kappa shape index (κ1) is 24.3. The Morgan fingerprint density at radius 3 is 2.56 bits per heavy atom. The molecule has 2 fully saturated rings. The highest BCUT2D eigenvalue weighted by Gasteiger charge is 2.50. The fraction of sp³-hybridized carbons (Fsp3) is 0.435. The third-order valence-corrected chi connectivity index (χ3v) is 8.64. The molecule has 2 aromatic heterocycles. The molecule has 1 saturated heterocycles. The molecule has 9 nitrogen and oxygen atoms in total. The van der Waals surface area contributed by atoms with Crippen LogP contribution in [0.25, 0.3) is 10.9 Å². The second-order valence-electron chi connectivity index (χ2n) is 9.09. The summed E-state index contributed by atoms with van der Waals surface area (Å²) in [6.07, 6.45) is -1.06. The summed E-state index contributed by atoms with van der Waals surface area (Å²) in [7, 11) is -4.34. The number of benzene rings is 1. The maximum atomic E-state index is 13.3. The maximum Gasteiger partial charge on any atom is 0.405 e. The van der Waals surface area contributed by atoms with Crippen LogP contribution < -0.4 is 10.9 Å². The molecule has 13 heteroatoms. The third kappa shape index (κ3) is 4.35. The minimum absolute atomic E-state index is 0.140. The highest BCUT2D eigenvalue weighted by atomic mass is 32.2. The number of aromatic nitrogens is 3. The Kier molecular flexibility index (Phi) is 6.04. The van der Waals surface area contributed by atoms with E-state index in [1.165, 1.54) is 30.5 Å². The number of fused-ring (bicyclic) bond motifs is 1. The smallest absolute Gasteiger partial charge is 0.338 e. The van der Waals surface area contributed by atoms with Crippen molar-refractivity contribution in [3.05, 3.63) is 46.9 Å². The number of hydrogen-bond donors (Lipinski definition) is 2. The van der Waals surface area contributed by atoms with Gasteiger partial charge in [-0.2, -0.15) is 27.8 Å². The Labute approximate surface area is 204 Å². The third-order valence-electron chi connectivity index (χ3n) is 6.72. The van der Waals surface area contributed by atoms with E-state index in [-0.39, 0.29) is 48.1 Å². The minimum Gasteiger partial charge on any atom is -0.338 e. The quantitative estimate of drug-likeness (QED) is 0.485. The van der Waals surface area contributed by atoms with E-state index >= 15 is 0 Å². The van der Waals surface area contributed by atoms with Crippen LogP contribution in [0, 0.1) is 17.2 Å². The van der Waals surface area contributed by atoms with Gasteiger partial charge in [-0.15, -0.1) is 0 Å². The van der Waals surface area contributed by atoms with Crippen molar-refractivity contribution in [2.24, 2.45) is 5.92 Å². The molecule has 1 aliphatic heterocycles. The molecule has 1 aliphatic carbocycles. The summed E-state index contributed by atoms with van der Waals surface area (Å²) in [5, 5.41) is 17.2. The van der Waals surface area contributed by atoms with Crippen LogP contribution in [0.15, 0.2) is 46.2 Å². The van der Waals surface area contributed by atoms with Crippen LogP contribution in [0.1, 0.15) is 38.1 Å². The molecule has 2 aliphatic rings. The molecular formula is C23H23F3N6O3S. The van der Waals surface area contributed by atoms with Gasteiger partial charge in [0, 0.05) is 18.4 Å². The van der Waals surface area contributed by atoms with Crippen LogP contribution in [0.5, 0.6) is 0 Å². The summed E-state index contributed by atoms with van der Waals surface area (Å²) >= 11 is 0. The average Bonchev–Trinajstić information content (AvgIpc) is 3.40. The normalized spacial score (nSPS) is 19.9. The molecule has 0 amide bonds. The number of hydrogen-bond acceptors (Lipinski definition) is 6. The first-order valence-corrected chi connectivity index (χ1v) is 13.0. The van der Waals surface area contributed by atoms with E-state index < -0.39 is 22.2 Å². The van der Waals surface area contributed by atoms with Gasteiger partial charge in [0.05, 0.1) is 28.9 Å². The number of nitrogens with zero attached hydrogens (tertiary/aromatic N) is 4. The van der Waals surface area contributed by atoms with Crippen molar-refractivity contribution >= 4 is 32.4 Å². The molecule has 2 N–H and O–H groups in total. The summed E-state index contributed by atoms with van der Waals surface area (Å²) < 4.78 is 68.0. The number of nitriles is 1. The molecule has 3 aromatic rings. The zero-order chi connectivity index (χ0) is 25.7. The SMILES string of the molecule is N#CCC(C1CC1)n1nc(Nc2ccc(S(=O)(=O)N3CCC[C@@H]3C(F)(F)F)cc2)c2c(=O)[nH]ccc21. The van der Waals surface area contributed by atoms with Gasteiger partial charge >= 0.3 is 6.18 Å². The van der Waals surface area contributed by atoms with Gasteiger partial charge in [0.15, 0.2) is 5.82 Å². The van der Waals surface area contributed by atoms with Crippen LogP contribution >= 0.6 is 0 Å². The molecule has 0 bridgehead atoms. The second-order valence-corrected chi connectivity index (χ2v) is 11.0. The number of nitrogens with one attached hydrogen (secondary N) is 2. The lowest BCUT2D eigenvalue weighted by atomic mass is 10.1. The van der Waals surface area contributed by atoms with Crippen LogP contribution in [0.4, 0.5) is 24.7 Å². The van der Waals surface area contributed by atoms with Gasteiger partial charge < -0.3 is 10.3 Å². The van der Waals surface area contributed by atoms with Crippen LogP contribution in [-0.4, -0.2) is 46.3 Å². The maximum absolute atomic E-state index is 13.3. The van der Waals surface area contributed by atoms with Crippen molar-refractivity contribution in [2.45, 2.75) is 55.3 Å². The van der Waals surface area contributed by atoms with E-state index in [1.54, 1.807) is 10.7 Å². The standard InChI is InChI=1S/C23H23F3N6O3S/c24-23(25,26)19-2-1-13-31(19)36(34,35)16-7-5-15(6-8-16)29-21-20-18(10-12-28-22(20)33)32(30-21)17(9-11-27)14-3-4-14/h5-8,10,12,14,17,19H,1-4,9,13H2,(H,28,33)(H,29,30)/t17?,19-/m1/s1. The molecule has 0 radical (unpaired) electrons. The summed E-state index contributed by atoms with van der Waals surface area (Å²) in [6.45, 7) is -0.191. The number of alkyl halides is 3. The molecule has 1 unspecified atom stereocenters. The van der Waals surface area contributed by atoms with Gasteiger partial charge in [-0.1, -0.05) is 0 Å². The van der Waals surface area contributed by atoms with Crippen molar-refractivity contribution in [1.82, 2.24) is 19.1 Å². The summed E-state index contributed by atoms with van der Waals surface area (Å²) in [5.74, 6) is 0.540. The first-order valence-electron chi connectivity index (χ1n) is 11.5. The fourth-order valence-corrected chi connectivity index (χ4v) is 6.48. The Hall–Kier alpha value is -3.37. The second kappa shape index (κ2) is 8.94. The number of anilines is 2. The Balaban J connectivity index is 1.45. The summed E-state index contributed by atoms with van der Waals surface area (Å²) in [6, 6.07) is 6.99. The van der Waals surface area contributed by atoms with Crippen molar-refractivity contribution in [3.8, 4) is 6.07 Å². The fourth-order valence-electron chi connectivity index (χ4n) is 4.80. The lowest BCUT2D eigenvalue weighted by Gasteiger charge is -2.25. The van der Waals surface area contributed by atoms with Gasteiger partial charge in [-0.25, -0.2) is 8.42 Å². The van der Waals surface area contributed by atoms with Crippen molar-refractivity contribution < 1.29 is 21.6 Å². The van der Waals surface area contributed by atoms with Crippen molar-refractivity contribution in [1.29, 1.82) is 5.26 Å². The van der Waals surface area contributed by atoms with Crippen LogP contribution in [0.2, 0.25) is 0 Å². The number of sulfonamides is 1. The lowest BCUT2D eigenvalue weighted by Crippen LogP contribution is -2.44. The summed E-state index contributed by atoms with van der Waals surface area (Å²) in [5.41, 5.74) is 0.597. The van der Waals surface area contributed by atoms with E-state index in [0.29, 0.717) is 26.8 Å². The average molecular weight is 521 g/mol. The number of halogens is 3. The van der Waals surface area contributed by atoms with E-state index in [0.717, 1.165) is 12.8 Å². The van der Waals surface area contributed by atoms with E-state index in [2.05, 4.69) is 21.5 Å². The minimum atomic E-state index is -4.64. The highest BCUT2D eigenvalue weighted by molar-refractivity contribution is 7.89. The Morgan fingerprint density at radius 2 is 1.92 bits per heavy atom. The van der Waals surface area contributed by atoms with E-state index in [4.69, 9.17) is 0 Å². The predicted molar refractivity (Wildman–Crippen MR) is 125 cm³/mol. The topological polar surface area (TPSA) is 124 Å². The lowest BCUT2D eigenvalue weighted by molar-refractivity contribution is -0.165. The van der Waals surface area contributed by atoms with E-state index in [1.807, 2.05) is 0 Å². The molecular weight excluding hydrogens is 497 g/mol. The van der Waals surface area contributed by atoms with Gasteiger partial charge in [-0.3, -0.25) is 9.48 Å². The number of aromatic amines is 1. The predicted octanol–water partition coefficient (Wildman–Crippen LogP) is 4.05. The van der Waals surface area contributed by atoms with Crippen molar-refractivity contribution in [2.75, 3.05) is 11.9 Å². The number of rotatable bonds is 7. The molecule has 0 spiro atoms. The Bertz CT molecular complexity index is 1490. The van der Waals surface area contributed by atoms with Gasteiger partial charge in [0.1, 0.15) is 11.4 Å². The molecule has 1 saturated carbocycles. The highest BCUT2D eigenvalue weighted by Crippen LogP contribution is 2.43. The number of pyridine rings is 1. The van der Waals surface area contributed by atoms with Gasteiger partial charge in [-0.05, 0) is 61.9 Å². The van der Waals surface area contributed by atoms with Gasteiger partial charge in [0.2, 0.25) is 10.0 Å². The number of H-pyrrole nitrogens is 1. The monoisotopic (exact) mass is 520 g/mol. The molecule has 1 aromatic carbocycles. The largest absolute Gasteiger partial charge is 0.405 e. The van der Waals surface area contributed by atoms with E-state index in [9.17, 15) is 31.6 Å². The molecule has 5 rings (SSSR count). The molecule has 190 valence electrons. The zero-order valence-electron chi connectivity index (χ0n) is 19.0. The van der Waals surface area contributed by atoms with Crippen LogP contribution in [-0.2, 0) is 10.0 Å². The Morgan fingerprint density at radius 1 is 1.19 bits per heavy atom.